The van der Waals surface area contributed by atoms with Crippen LogP contribution in [0.25, 0.3) is 0 Å². The lowest BCUT2D eigenvalue weighted by molar-refractivity contribution is -0.137. The molecule has 110 valence electrons. The van der Waals surface area contributed by atoms with Gasteiger partial charge in [0.2, 0.25) is 0 Å². The molecule has 0 aromatic rings. The fourth-order valence-electron chi connectivity index (χ4n) is 2.80. The third kappa shape index (κ3) is 4.73. The molecule has 0 heterocycles. The molecule has 1 saturated carbocycles. The van der Waals surface area contributed by atoms with Crippen LogP contribution in [0.4, 0.5) is 4.79 Å². The molecule has 5 nitrogen and oxygen atoms in total. The molecule has 0 radical (unpaired) electrons. The molecular formula is C14H26N2O3. The Morgan fingerprint density at radius 2 is 1.79 bits per heavy atom. The standard InChI is InChI=1S/C14H26N2O3/c1-3-10-15(11-13(17)18)14(19)16(4-2)12-8-6-5-7-9-12/h12H,3-11H2,1-2H3,(H,17,18). The van der Waals surface area contributed by atoms with Crippen molar-refractivity contribution in [2.24, 2.45) is 0 Å². The molecule has 0 aromatic heterocycles. The fourth-order valence-corrected chi connectivity index (χ4v) is 2.80. The van der Waals surface area contributed by atoms with Crippen LogP contribution in [0.1, 0.15) is 52.4 Å². The maximum Gasteiger partial charge on any atom is 0.323 e. The first-order chi connectivity index (χ1) is 9.10. The molecule has 1 fully saturated rings. The summed E-state index contributed by atoms with van der Waals surface area (Å²) in [4.78, 5) is 26.7. The SMILES string of the molecule is CCCN(CC(=O)O)C(=O)N(CC)C1CCCCC1. The minimum absolute atomic E-state index is 0.112. The topological polar surface area (TPSA) is 60.9 Å². The van der Waals surface area contributed by atoms with Crippen LogP contribution in [0.2, 0.25) is 0 Å². The van der Waals surface area contributed by atoms with Gasteiger partial charge in [0.25, 0.3) is 0 Å². The van der Waals surface area contributed by atoms with Crippen LogP contribution in [-0.2, 0) is 4.79 Å². The number of carboxylic acid groups (broad SMARTS) is 1. The highest BCUT2D eigenvalue weighted by atomic mass is 16.4. The van der Waals surface area contributed by atoms with Crippen molar-refractivity contribution >= 4 is 12.0 Å². The molecule has 19 heavy (non-hydrogen) atoms. The molecule has 5 heteroatoms. The van der Waals surface area contributed by atoms with Gasteiger partial charge in [-0.25, -0.2) is 4.79 Å². The molecule has 0 atom stereocenters. The summed E-state index contributed by atoms with van der Waals surface area (Å²) in [7, 11) is 0. The maximum atomic E-state index is 12.5. The van der Waals surface area contributed by atoms with Gasteiger partial charge in [-0.3, -0.25) is 4.79 Å². The van der Waals surface area contributed by atoms with Crippen LogP contribution in [-0.4, -0.2) is 52.6 Å². The summed E-state index contributed by atoms with van der Waals surface area (Å²) in [6.45, 7) is 4.89. The summed E-state index contributed by atoms with van der Waals surface area (Å²) in [5, 5.41) is 8.91. The molecule has 1 aliphatic rings. The predicted octanol–water partition coefficient (Wildman–Crippen LogP) is 2.56. The van der Waals surface area contributed by atoms with Crippen LogP contribution < -0.4 is 0 Å². The van der Waals surface area contributed by atoms with E-state index < -0.39 is 5.97 Å². The number of carboxylic acids is 1. The van der Waals surface area contributed by atoms with E-state index in [0.29, 0.717) is 19.1 Å². The minimum Gasteiger partial charge on any atom is -0.480 e. The van der Waals surface area contributed by atoms with Crippen molar-refractivity contribution in [2.45, 2.75) is 58.4 Å². The Kier molecular flexibility index (Phi) is 6.67. The largest absolute Gasteiger partial charge is 0.480 e. The van der Waals surface area contributed by atoms with E-state index in [9.17, 15) is 9.59 Å². The van der Waals surface area contributed by atoms with Crippen molar-refractivity contribution in [2.75, 3.05) is 19.6 Å². The Bertz CT molecular complexity index is 301. The zero-order valence-corrected chi connectivity index (χ0v) is 12.1. The van der Waals surface area contributed by atoms with Crippen molar-refractivity contribution in [3.05, 3.63) is 0 Å². The molecule has 0 spiro atoms. The van der Waals surface area contributed by atoms with Crippen LogP contribution >= 0.6 is 0 Å². The first kappa shape index (κ1) is 15.8. The fraction of sp³-hybridized carbons (Fsp3) is 0.857. The summed E-state index contributed by atoms with van der Waals surface area (Å²) in [6, 6.07) is 0.179. The zero-order chi connectivity index (χ0) is 14.3. The van der Waals surface area contributed by atoms with Gasteiger partial charge in [-0.1, -0.05) is 26.2 Å². The third-order valence-electron chi connectivity index (χ3n) is 3.69. The third-order valence-corrected chi connectivity index (χ3v) is 3.69. The molecule has 1 N–H and O–H groups in total. The van der Waals surface area contributed by atoms with E-state index in [1.54, 1.807) is 0 Å². The Morgan fingerprint density at radius 3 is 2.26 bits per heavy atom. The van der Waals surface area contributed by atoms with E-state index in [4.69, 9.17) is 5.11 Å². The van der Waals surface area contributed by atoms with Crippen LogP contribution in [0.3, 0.4) is 0 Å². The van der Waals surface area contributed by atoms with Crippen molar-refractivity contribution in [1.82, 2.24) is 9.80 Å². The average molecular weight is 270 g/mol. The zero-order valence-electron chi connectivity index (χ0n) is 12.1. The number of hydrogen-bond acceptors (Lipinski definition) is 2. The highest BCUT2D eigenvalue weighted by Crippen LogP contribution is 2.23. The number of carbonyl (C=O) groups excluding carboxylic acids is 1. The molecule has 1 rings (SSSR count). The number of urea groups is 1. The molecule has 0 bridgehead atoms. The molecule has 0 aromatic carbocycles. The summed E-state index contributed by atoms with van der Waals surface area (Å²) in [5.74, 6) is -0.943. The van der Waals surface area contributed by atoms with Crippen LogP contribution in [0, 0.1) is 0 Å². The van der Waals surface area contributed by atoms with E-state index in [1.807, 2.05) is 18.7 Å². The summed E-state index contributed by atoms with van der Waals surface area (Å²) in [6.07, 6.45) is 6.46. The lowest BCUT2D eigenvalue weighted by Crippen LogP contribution is -2.50. The minimum atomic E-state index is -0.943. The number of amides is 2. The normalized spacial score (nSPS) is 16.1. The smallest absolute Gasteiger partial charge is 0.323 e. The van der Waals surface area contributed by atoms with Crippen molar-refractivity contribution < 1.29 is 14.7 Å². The van der Waals surface area contributed by atoms with Gasteiger partial charge in [0.1, 0.15) is 6.54 Å². The van der Waals surface area contributed by atoms with Gasteiger partial charge in [-0.05, 0) is 26.2 Å². The van der Waals surface area contributed by atoms with Crippen LogP contribution in [0.15, 0.2) is 0 Å². The maximum absolute atomic E-state index is 12.5. The highest BCUT2D eigenvalue weighted by molar-refractivity contribution is 5.80. The Hall–Kier alpha value is -1.26. The van der Waals surface area contributed by atoms with Crippen molar-refractivity contribution in [3.8, 4) is 0 Å². The molecule has 0 aliphatic heterocycles. The van der Waals surface area contributed by atoms with E-state index in [2.05, 4.69) is 0 Å². The number of aliphatic carboxylic acids is 1. The number of carbonyl (C=O) groups is 2. The first-order valence-corrected chi connectivity index (χ1v) is 7.37. The molecule has 0 unspecified atom stereocenters. The van der Waals surface area contributed by atoms with Gasteiger partial charge < -0.3 is 14.9 Å². The monoisotopic (exact) mass is 270 g/mol. The van der Waals surface area contributed by atoms with E-state index in [1.165, 1.54) is 24.2 Å². The van der Waals surface area contributed by atoms with E-state index in [0.717, 1.165) is 19.3 Å². The second-order valence-corrected chi connectivity index (χ2v) is 5.18. The van der Waals surface area contributed by atoms with E-state index in [-0.39, 0.29) is 12.6 Å². The second kappa shape index (κ2) is 8.02. The van der Waals surface area contributed by atoms with Gasteiger partial charge in [0.15, 0.2) is 0 Å². The van der Waals surface area contributed by atoms with E-state index >= 15 is 0 Å². The van der Waals surface area contributed by atoms with Crippen molar-refractivity contribution in [3.63, 3.8) is 0 Å². The van der Waals surface area contributed by atoms with Gasteiger partial charge in [-0.2, -0.15) is 0 Å². The van der Waals surface area contributed by atoms with Gasteiger partial charge >= 0.3 is 12.0 Å². The molecule has 2 amide bonds. The Morgan fingerprint density at radius 1 is 1.16 bits per heavy atom. The average Bonchev–Trinajstić information content (AvgIpc) is 2.39. The van der Waals surface area contributed by atoms with Crippen LogP contribution in [0.5, 0.6) is 0 Å². The second-order valence-electron chi connectivity index (χ2n) is 5.18. The molecule has 0 saturated heterocycles. The van der Waals surface area contributed by atoms with Crippen molar-refractivity contribution in [1.29, 1.82) is 0 Å². The summed E-state index contributed by atoms with van der Waals surface area (Å²) >= 11 is 0. The highest BCUT2D eigenvalue weighted by Gasteiger charge is 2.28. The Balaban J connectivity index is 2.69. The number of rotatable bonds is 6. The van der Waals surface area contributed by atoms with Gasteiger partial charge in [0.05, 0.1) is 0 Å². The van der Waals surface area contributed by atoms with Gasteiger partial charge in [0, 0.05) is 19.1 Å². The lowest BCUT2D eigenvalue weighted by atomic mass is 9.94. The van der Waals surface area contributed by atoms with Gasteiger partial charge in [-0.15, -0.1) is 0 Å². The summed E-state index contributed by atoms with van der Waals surface area (Å²) in [5.41, 5.74) is 0. The summed E-state index contributed by atoms with van der Waals surface area (Å²) < 4.78 is 0. The number of nitrogens with zero attached hydrogens (tertiary/aromatic N) is 2. The quantitative estimate of drug-likeness (QED) is 0.807. The molecular weight excluding hydrogens is 244 g/mol. The molecule has 1 aliphatic carbocycles. The predicted molar refractivity (Wildman–Crippen MR) is 74.1 cm³/mol. The number of hydrogen-bond donors (Lipinski definition) is 1. The Labute approximate surface area is 115 Å². The first-order valence-electron chi connectivity index (χ1n) is 7.37. The lowest BCUT2D eigenvalue weighted by Gasteiger charge is -2.36.